The Labute approximate surface area is 190 Å². The molecule has 1 nitrogen and oxygen atoms in total. The first kappa shape index (κ1) is 22.0. The number of rotatable bonds is 8. The van der Waals surface area contributed by atoms with E-state index in [-0.39, 0.29) is 5.78 Å². The summed E-state index contributed by atoms with van der Waals surface area (Å²) in [6.45, 7) is 0. The normalized spacial score (nSPS) is 18.4. The van der Waals surface area contributed by atoms with E-state index in [2.05, 4.69) is 47.8 Å². The van der Waals surface area contributed by atoms with Gasteiger partial charge in [-0.15, -0.1) is 0 Å². The molecule has 0 N–H and O–H groups in total. The van der Waals surface area contributed by atoms with Crippen LogP contribution >= 0.6 is 23.5 Å². The van der Waals surface area contributed by atoms with Crippen molar-refractivity contribution in [2.24, 2.45) is 0 Å². The van der Waals surface area contributed by atoms with Gasteiger partial charge in [-0.25, -0.2) is 0 Å². The second kappa shape index (κ2) is 11.4. The fourth-order valence-corrected chi connectivity index (χ4v) is 7.14. The van der Waals surface area contributed by atoms with E-state index in [0.717, 1.165) is 33.1 Å². The SMILES string of the molecule is O=C(c1ccc(CSC2CCCCC2)cc1)c1ccc(CSC2CCCCC2)cc1. The predicted octanol–water partition coefficient (Wildman–Crippen LogP) is 8.05. The lowest BCUT2D eigenvalue weighted by Crippen LogP contribution is -2.08. The van der Waals surface area contributed by atoms with E-state index in [9.17, 15) is 4.79 Å². The Hall–Kier alpha value is -1.19. The molecular weight excluding hydrogens is 404 g/mol. The van der Waals surface area contributed by atoms with Gasteiger partial charge in [-0.2, -0.15) is 23.5 Å². The van der Waals surface area contributed by atoms with Crippen LogP contribution in [0.5, 0.6) is 0 Å². The summed E-state index contributed by atoms with van der Waals surface area (Å²) < 4.78 is 0. The first-order valence-electron chi connectivity index (χ1n) is 11.7. The quantitative estimate of drug-likeness (QED) is 0.388. The van der Waals surface area contributed by atoms with Gasteiger partial charge in [0, 0.05) is 33.1 Å². The third-order valence-electron chi connectivity index (χ3n) is 6.51. The number of ketones is 1. The molecule has 2 aliphatic rings. The molecule has 30 heavy (non-hydrogen) atoms. The smallest absolute Gasteiger partial charge is 0.193 e. The van der Waals surface area contributed by atoms with Crippen LogP contribution in [0.1, 0.15) is 91.3 Å². The fourth-order valence-electron chi connectivity index (χ4n) is 4.56. The number of hydrogen-bond acceptors (Lipinski definition) is 3. The average Bonchev–Trinajstić information content (AvgIpc) is 2.83. The zero-order valence-electron chi connectivity index (χ0n) is 18.0. The minimum Gasteiger partial charge on any atom is -0.289 e. The Morgan fingerprint density at radius 1 is 0.600 bits per heavy atom. The summed E-state index contributed by atoms with van der Waals surface area (Å²) in [5.41, 5.74) is 4.26. The molecule has 0 unspecified atom stereocenters. The van der Waals surface area contributed by atoms with E-state index in [4.69, 9.17) is 0 Å². The summed E-state index contributed by atoms with van der Waals surface area (Å²) in [5.74, 6) is 2.26. The highest BCUT2D eigenvalue weighted by Crippen LogP contribution is 2.31. The summed E-state index contributed by atoms with van der Waals surface area (Å²) in [4.78, 5) is 12.9. The molecule has 0 radical (unpaired) electrons. The lowest BCUT2D eigenvalue weighted by Gasteiger charge is -2.21. The van der Waals surface area contributed by atoms with E-state index >= 15 is 0 Å². The van der Waals surface area contributed by atoms with Gasteiger partial charge in [0.2, 0.25) is 0 Å². The van der Waals surface area contributed by atoms with Gasteiger partial charge in [-0.3, -0.25) is 4.79 Å². The van der Waals surface area contributed by atoms with Gasteiger partial charge < -0.3 is 0 Å². The molecule has 2 aromatic rings. The molecule has 2 saturated carbocycles. The molecular formula is C27H34OS2. The first-order valence-corrected chi connectivity index (χ1v) is 13.8. The minimum atomic E-state index is 0.132. The number of hydrogen-bond donors (Lipinski definition) is 0. The molecule has 0 bridgehead atoms. The molecule has 160 valence electrons. The molecule has 0 saturated heterocycles. The van der Waals surface area contributed by atoms with E-state index in [1.54, 1.807) is 0 Å². The largest absolute Gasteiger partial charge is 0.289 e. The van der Waals surface area contributed by atoms with Gasteiger partial charge in [0.25, 0.3) is 0 Å². The van der Waals surface area contributed by atoms with Crippen molar-refractivity contribution in [2.75, 3.05) is 0 Å². The van der Waals surface area contributed by atoms with Crippen molar-refractivity contribution in [3.63, 3.8) is 0 Å². The van der Waals surface area contributed by atoms with Crippen LogP contribution in [0, 0.1) is 0 Å². The van der Waals surface area contributed by atoms with E-state index in [0.29, 0.717) is 0 Å². The average molecular weight is 439 g/mol. The van der Waals surface area contributed by atoms with Gasteiger partial charge >= 0.3 is 0 Å². The fraction of sp³-hybridized carbons (Fsp3) is 0.519. The van der Waals surface area contributed by atoms with Crippen LogP contribution in [0.15, 0.2) is 48.5 Å². The maximum absolute atomic E-state index is 12.9. The van der Waals surface area contributed by atoms with Gasteiger partial charge in [-0.1, -0.05) is 87.1 Å². The predicted molar refractivity (Wildman–Crippen MR) is 133 cm³/mol. The van der Waals surface area contributed by atoms with Crippen LogP contribution in [-0.2, 0) is 11.5 Å². The van der Waals surface area contributed by atoms with Crippen LogP contribution in [0.25, 0.3) is 0 Å². The van der Waals surface area contributed by atoms with E-state index in [1.807, 2.05) is 24.3 Å². The van der Waals surface area contributed by atoms with Gasteiger partial charge in [0.15, 0.2) is 5.78 Å². The van der Waals surface area contributed by atoms with Crippen molar-refractivity contribution in [1.29, 1.82) is 0 Å². The lowest BCUT2D eigenvalue weighted by molar-refractivity contribution is 0.103. The van der Waals surface area contributed by atoms with Crippen LogP contribution < -0.4 is 0 Å². The van der Waals surface area contributed by atoms with Crippen LogP contribution in [0.2, 0.25) is 0 Å². The molecule has 2 fully saturated rings. The lowest BCUT2D eigenvalue weighted by atomic mass is 10.0. The number of thioether (sulfide) groups is 2. The zero-order chi connectivity index (χ0) is 20.6. The minimum absolute atomic E-state index is 0.132. The molecule has 3 heteroatoms. The monoisotopic (exact) mass is 438 g/mol. The van der Waals surface area contributed by atoms with Crippen molar-refractivity contribution < 1.29 is 4.79 Å². The molecule has 0 aromatic heterocycles. The van der Waals surface area contributed by atoms with Crippen LogP contribution in [0.3, 0.4) is 0 Å². The second-order valence-corrected chi connectivity index (χ2v) is 11.4. The Morgan fingerprint density at radius 2 is 0.967 bits per heavy atom. The Kier molecular flexibility index (Phi) is 8.39. The summed E-state index contributed by atoms with van der Waals surface area (Å²) in [6, 6.07) is 16.6. The summed E-state index contributed by atoms with van der Waals surface area (Å²) in [6.07, 6.45) is 13.9. The topological polar surface area (TPSA) is 17.1 Å². The molecule has 0 heterocycles. The third kappa shape index (κ3) is 6.40. The molecule has 0 aliphatic heterocycles. The Bertz CT molecular complexity index is 717. The van der Waals surface area contributed by atoms with Gasteiger partial charge in [-0.05, 0) is 36.8 Å². The molecule has 2 aliphatic carbocycles. The maximum Gasteiger partial charge on any atom is 0.193 e. The van der Waals surface area contributed by atoms with Crippen LogP contribution in [0.4, 0.5) is 0 Å². The van der Waals surface area contributed by atoms with Crippen molar-refractivity contribution in [3.8, 4) is 0 Å². The molecule has 4 rings (SSSR count). The number of carbonyl (C=O) groups is 1. The second-order valence-electron chi connectivity index (χ2n) is 8.87. The van der Waals surface area contributed by atoms with Gasteiger partial charge in [0.05, 0.1) is 0 Å². The highest BCUT2D eigenvalue weighted by Gasteiger charge is 2.15. The summed E-state index contributed by atoms with van der Waals surface area (Å²) in [5, 5.41) is 1.66. The Balaban J connectivity index is 1.27. The van der Waals surface area contributed by atoms with E-state index in [1.165, 1.54) is 75.3 Å². The summed E-state index contributed by atoms with van der Waals surface area (Å²) in [7, 11) is 0. The number of benzene rings is 2. The third-order valence-corrected chi connectivity index (χ3v) is 9.39. The molecule has 2 aromatic carbocycles. The molecule has 0 spiro atoms. The van der Waals surface area contributed by atoms with Crippen molar-refractivity contribution in [3.05, 3.63) is 70.8 Å². The van der Waals surface area contributed by atoms with Gasteiger partial charge in [0.1, 0.15) is 0 Å². The standard InChI is InChI=1S/C27H34OS2/c28-27(23-15-11-21(12-16-23)19-29-25-7-3-1-4-8-25)24-17-13-22(14-18-24)20-30-26-9-5-2-6-10-26/h11-18,25-26H,1-10,19-20H2. The zero-order valence-corrected chi connectivity index (χ0v) is 19.6. The first-order chi connectivity index (χ1) is 14.8. The highest BCUT2D eigenvalue weighted by molar-refractivity contribution is 7.99. The molecule has 0 amide bonds. The maximum atomic E-state index is 12.9. The summed E-state index contributed by atoms with van der Waals surface area (Å²) >= 11 is 4.18. The number of carbonyl (C=O) groups excluding carboxylic acids is 1. The highest BCUT2D eigenvalue weighted by atomic mass is 32.2. The molecule has 0 atom stereocenters. The van der Waals surface area contributed by atoms with Crippen molar-refractivity contribution >= 4 is 29.3 Å². The van der Waals surface area contributed by atoms with Crippen LogP contribution in [-0.4, -0.2) is 16.3 Å². The van der Waals surface area contributed by atoms with Crippen molar-refractivity contribution in [1.82, 2.24) is 0 Å². The van der Waals surface area contributed by atoms with E-state index < -0.39 is 0 Å². The van der Waals surface area contributed by atoms with Crippen molar-refractivity contribution in [2.45, 2.75) is 86.2 Å². The Morgan fingerprint density at radius 3 is 1.33 bits per heavy atom.